The quantitative estimate of drug-likeness (QED) is 0.599. The van der Waals surface area contributed by atoms with E-state index < -0.39 is 0 Å². The van der Waals surface area contributed by atoms with E-state index in [4.69, 9.17) is 0 Å². The van der Waals surface area contributed by atoms with Crippen molar-refractivity contribution in [1.82, 2.24) is 4.57 Å². The number of unbranched alkanes of at least 4 members (excludes halogenated alkanes) is 1. The molecule has 1 rings (SSSR count). The molecule has 0 spiro atoms. The Hall–Kier alpha value is 0.137. The highest BCUT2D eigenvalue weighted by atomic mass is 28.2. The normalized spacial score (nSPS) is 24.2. The highest BCUT2D eigenvalue weighted by Gasteiger charge is 2.33. The molecular weight excluding hydrogens is 176 g/mol. The standard InChI is InChI=1S/C10H25N2Si/c1-4-7-8-11-9-10-12(5-2,6-3)13-11/h4-10,13H2,1-3H3/q+1. The largest absolute Gasteiger partial charge is 0.375 e. The van der Waals surface area contributed by atoms with E-state index in [1.165, 1.54) is 49.7 Å². The van der Waals surface area contributed by atoms with Crippen molar-refractivity contribution in [3.63, 3.8) is 0 Å². The van der Waals surface area contributed by atoms with Gasteiger partial charge in [0.1, 0.15) is 0 Å². The Morgan fingerprint density at radius 3 is 2.38 bits per heavy atom. The Bertz CT molecular complexity index is 146. The molecule has 1 fully saturated rings. The van der Waals surface area contributed by atoms with Gasteiger partial charge in [0.15, 0.2) is 0 Å². The summed E-state index contributed by atoms with van der Waals surface area (Å²) < 4.78 is 4.24. The molecule has 13 heavy (non-hydrogen) atoms. The Kier molecular flexibility index (Phi) is 4.42. The number of hydrogen-bond acceptors (Lipinski definition) is 1. The second kappa shape index (κ2) is 5.13. The molecule has 0 saturated carbocycles. The fraction of sp³-hybridized carbons (Fsp3) is 1.00. The Balaban J connectivity index is 2.33. The van der Waals surface area contributed by atoms with Gasteiger partial charge in [0.25, 0.3) is 0 Å². The van der Waals surface area contributed by atoms with Crippen LogP contribution in [0, 0.1) is 0 Å². The first kappa shape index (κ1) is 11.2. The fourth-order valence-electron chi connectivity index (χ4n) is 2.22. The minimum Gasteiger partial charge on any atom is -0.375 e. The summed E-state index contributed by atoms with van der Waals surface area (Å²) in [6.45, 7) is 13.9. The zero-order valence-corrected chi connectivity index (χ0v) is 11.0. The highest BCUT2D eigenvalue weighted by molar-refractivity contribution is 6.23. The van der Waals surface area contributed by atoms with Crippen LogP contribution >= 0.6 is 0 Å². The predicted molar refractivity (Wildman–Crippen MR) is 61.2 cm³/mol. The van der Waals surface area contributed by atoms with E-state index in [2.05, 4.69) is 25.3 Å². The molecule has 0 radical (unpaired) electrons. The zero-order valence-electron chi connectivity index (χ0n) is 9.55. The molecule has 0 amide bonds. The lowest BCUT2D eigenvalue weighted by Gasteiger charge is -2.32. The molecule has 0 aromatic heterocycles. The first-order valence-corrected chi connectivity index (χ1v) is 7.10. The molecule has 0 aromatic rings. The number of hydrogen-bond donors (Lipinski definition) is 0. The zero-order chi connectivity index (χ0) is 9.73. The van der Waals surface area contributed by atoms with Crippen molar-refractivity contribution in [3.05, 3.63) is 0 Å². The summed E-state index contributed by atoms with van der Waals surface area (Å²) in [6.07, 6.45) is 2.75. The molecule has 78 valence electrons. The van der Waals surface area contributed by atoms with Gasteiger partial charge in [0, 0.05) is 6.54 Å². The van der Waals surface area contributed by atoms with Crippen LogP contribution in [0.3, 0.4) is 0 Å². The number of quaternary nitrogens is 1. The first-order chi connectivity index (χ1) is 6.26. The molecule has 0 aromatic carbocycles. The molecule has 0 aliphatic carbocycles. The molecular formula is C10H25N2Si+. The Morgan fingerprint density at radius 1 is 1.23 bits per heavy atom. The SMILES string of the molecule is CCCCN1CC[N+](CC)(CC)[SiH2]1. The molecule has 0 bridgehead atoms. The topological polar surface area (TPSA) is 3.24 Å². The molecule has 1 aliphatic rings. The smallest absolute Gasteiger partial charge is 0.338 e. The van der Waals surface area contributed by atoms with E-state index in [-0.39, 0.29) is 9.84 Å². The lowest BCUT2D eigenvalue weighted by Crippen LogP contribution is -2.49. The second-order valence-corrected chi connectivity index (χ2v) is 6.83. The van der Waals surface area contributed by atoms with E-state index in [0.717, 1.165) is 0 Å². The van der Waals surface area contributed by atoms with Gasteiger partial charge in [0.05, 0.1) is 19.6 Å². The van der Waals surface area contributed by atoms with Crippen molar-refractivity contribution >= 4 is 9.84 Å². The van der Waals surface area contributed by atoms with Gasteiger partial charge >= 0.3 is 9.84 Å². The molecule has 0 N–H and O–H groups in total. The summed E-state index contributed by atoms with van der Waals surface area (Å²) in [5.74, 6) is 0. The third-order valence-corrected chi connectivity index (χ3v) is 6.40. The van der Waals surface area contributed by atoms with Crippen molar-refractivity contribution in [2.45, 2.75) is 33.6 Å². The van der Waals surface area contributed by atoms with Crippen molar-refractivity contribution < 1.29 is 4.15 Å². The van der Waals surface area contributed by atoms with Gasteiger partial charge in [0.2, 0.25) is 0 Å². The van der Waals surface area contributed by atoms with Gasteiger partial charge < -0.3 is 4.15 Å². The van der Waals surface area contributed by atoms with Crippen LogP contribution in [0.15, 0.2) is 0 Å². The van der Waals surface area contributed by atoms with Gasteiger partial charge in [-0.25, -0.2) is 0 Å². The number of rotatable bonds is 5. The third kappa shape index (κ3) is 2.79. The number of likely N-dealkylation sites (N-methyl/N-ethyl adjacent to an activating group) is 1. The maximum atomic E-state index is 2.77. The number of nitrogens with zero attached hydrogens (tertiary/aromatic N) is 2. The lowest BCUT2D eigenvalue weighted by molar-refractivity contribution is -0.811. The highest BCUT2D eigenvalue weighted by Crippen LogP contribution is 2.13. The summed E-state index contributed by atoms with van der Waals surface area (Å²) in [4.78, 5) is 0. The summed E-state index contributed by atoms with van der Waals surface area (Å²) in [7, 11) is 0.0148. The molecule has 0 unspecified atom stereocenters. The third-order valence-electron chi connectivity index (χ3n) is 3.56. The summed E-state index contributed by atoms with van der Waals surface area (Å²) in [5, 5.41) is 0. The second-order valence-electron chi connectivity index (χ2n) is 4.31. The molecule has 3 heteroatoms. The van der Waals surface area contributed by atoms with E-state index in [1.54, 1.807) is 0 Å². The Labute approximate surface area is 85.5 Å². The van der Waals surface area contributed by atoms with E-state index >= 15 is 0 Å². The van der Waals surface area contributed by atoms with E-state index in [9.17, 15) is 0 Å². The van der Waals surface area contributed by atoms with Crippen LogP contribution in [0.25, 0.3) is 0 Å². The van der Waals surface area contributed by atoms with Crippen LogP contribution in [0.2, 0.25) is 0 Å². The minimum atomic E-state index is 0.0148. The fourth-order valence-corrected chi connectivity index (χ4v) is 4.40. The van der Waals surface area contributed by atoms with Crippen LogP contribution in [0.5, 0.6) is 0 Å². The van der Waals surface area contributed by atoms with Crippen LogP contribution < -0.4 is 0 Å². The minimum absolute atomic E-state index is 0.0148. The summed E-state index contributed by atoms with van der Waals surface area (Å²) >= 11 is 0. The maximum Gasteiger partial charge on any atom is 0.338 e. The predicted octanol–water partition coefficient (Wildman–Crippen LogP) is 0.958. The molecule has 1 saturated heterocycles. The first-order valence-electron chi connectivity index (χ1n) is 5.83. The van der Waals surface area contributed by atoms with Crippen molar-refractivity contribution in [2.24, 2.45) is 0 Å². The van der Waals surface area contributed by atoms with Crippen LogP contribution in [0.4, 0.5) is 0 Å². The van der Waals surface area contributed by atoms with E-state index in [0.29, 0.717) is 0 Å². The van der Waals surface area contributed by atoms with Crippen molar-refractivity contribution in [1.29, 1.82) is 0 Å². The molecule has 0 atom stereocenters. The Morgan fingerprint density at radius 2 is 1.92 bits per heavy atom. The van der Waals surface area contributed by atoms with Crippen LogP contribution in [0.1, 0.15) is 33.6 Å². The van der Waals surface area contributed by atoms with Crippen LogP contribution in [-0.4, -0.2) is 51.3 Å². The van der Waals surface area contributed by atoms with Crippen molar-refractivity contribution in [2.75, 3.05) is 32.7 Å². The molecule has 1 aliphatic heterocycles. The average molecular weight is 201 g/mol. The maximum absolute atomic E-state index is 2.77. The van der Waals surface area contributed by atoms with Gasteiger partial charge in [-0.3, -0.25) is 4.57 Å². The van der Waals surface area contributed by atoms with Gasteiger partial charge in [-0.05, 0) is 26.8 Å². The molecule has 1 heterocycles. The van der Waals surface area contributed by atoms with Crippen LogP contribution in [-0.2, 0) is 0 Å². The average Bonchev–Trinajstić information content (AvgIpc) is 2.59. The lowest BCUT2D eigenvalue weighted by atomic mass is 10.3. The van der Waals surface area contributed by atoms with Crippen molar-refractivity contribution in [3.8, 4) is 0 Å². The van der Waals surface area contributed by atoms with Gasteiger partial charge in [-0.1, -0.05) is 13.3 Å². The monoisotopic (exact) mass is 201 g/mol. The van der Waals surface area contributed by atoms with Gasteiger partial charge in [-0.15, -0.1) is 0 Å². The summed E-state index contributed by atoms with van der Waals surface area (Å²) in [5.41, 5.74) is 0. The van der Waals surface area contributed by atoms with Gasteiger partial charge in [-0.2, -0.15) is 0 Å². The summed E-state index contributed by atoms with van der Waals surface area (Å²) in [6, 6.07) is 0. The molecule has 2 nitrogen and oxygen atoms in total. The van der Waals surface area contributed by atoms with E-state index in [1.807, 2.05) is 0 Å².